The van der Waals surface area contributed by atoms with E-state index in [0.29, 0.717) is 17.9 Å². The number of unbranched alkanes of at least 4 members (excludes halogenated alkanes) is 2. The van der Waals surface area contributed by atoms with E-state index in [4.69, 9.17) is 0 Å². The maximum absolute atomic E-state index is 13.0. The van der Waals surface area contributed by atoms with Crippen molar-refractivity contribution in [1.82, 2.24) is 14.7 Å². The fourth-order valence-electron chi connectivity index (χ4n) is 4.72. The van der Waals surface area contributed by atoms with Crippen LogP contribution in [0.1, 0.15) is 37.3 Å². The third-order valence-corrected chi connectivity index (χ3v) is 8.14. The normalized spacial score (nSPS) is 11.9. The first-order valence-electron chi connectivity index (χ1n) is 12.6. The number of aryl methyl sites for hydroxylation is 1. The zero-order valence-corrected chi connectivity index (χ0v) is 21.3. The number of hydrogen-bond donors (Lipinski definition) is 2. The highest BCUT2D eigenvalue weighted by molar-refractivity contribution is 7.89. The molecule has 2 heterocycles. The fraction of sp³-hybridized carbons (Fsp3) is 0.233. The molecule has 5 rings (SSSR count). The first-order chi connectivity index (χ1) is 17.5. The van der Waals surface area contributed by atoms with Gasteiger partial charge in [-0.2, -0.15) is 0 Å². The molecular formula is C30H31N3O2S. The van der Waals surface area contributed by atoms with Gasteiger partial charge in [-0.15, -0.1) is 0 Å². The highest BCUT2D eigenvalue weighted by Gasteiger charge is 2.17. The van der Waals surface area contributed by atoms with E-state index >= 15 is 0 Å². The Morgan fingerprint density at radius 1 is 0.889 bits per heavy atom. The second-order valence-electron chi connectivity index (χ2n) is 9.19. The van der Waals surface area contributed by atoms with Crippen molar-refractivity contribution in [3.8, 4) is 11.3 Å². The number of hydrogen-bond acceptors (Lipinski definition) is 3. The number of nitrogens with one attached hydrogen (secondary N) is 2. The van der Waals surface area contributed by atoms with E-state index in [9.17, 15) is 8.42 Å². The Balaban J connectivity index is 1.36. The van der Waals surface area contributed by atoms with Crippen molar-refractivity contribution in [3.63, 3.8) is 0 Å². The lowest BCUT2D eigenvalue weighted by Crippen LogP contribution is -2.26. The molecule has 2 aromatic heterocycles. The minimum Gasteiger partial charge on any atom is -0.354 e. The summed E-state index contributed by atoms with van der Waals surface area (Å²) in [6.45, 7) is 2.48. The van der Waals surface area contributed by atoms with Gasteiger partial charge < -0.3 is 4.98 Å². The number of aromatic amines is 1. The first kappa shape index (κ1) is 24.2. The van der Waals surface area contributed by atoms with E-state index in [0.717, 1.165) is 51.5 Å². The topological polar surface area (TPSA) is 74.8 Å². The molecule has 5 nitrogen and oxygen atoms in total. The molecule has 0 amide bonds. The third-order valence-electron chi connectivity index (χ3n) is 6.66. The molecule has 36 heavy (non-hydrogen) atoms. The molecule has 0 atom stereocenters. The first-order valence-corrected chi connectivity index (χ1v) is 14.1. The zero-order valence-electron chi connectivity index (χ0n) is 20.5. The summed E-state index contributed by atoms with van der Waals surface area (Å²) in [7, 11) is -3.59. The Kier molecular flexibility index (Phi) is 7.16. The number of benzene rings is 3. The van der Waals surface area contributed by atoms with Gasteiger partial charge in [-0.05, 0) is 60.7 Å². The van der Waals surface area contributed by atoms with Crippen molar-refractivity contribution in [1.29, 1.82) is 0 Å². The van der Waals surface area contributed by atoms with Crippen LogP contribution < -0.4 is 4.72 Å². The minimum absolute atomic E-state index is 0.302. The maximum atomic E-state index is 13.0. The van der Waals surface area contributed by atoms with Crippen LogP contribution in [0.5, 0.6) is 0 Å². The molecule has 0 bridgehead atoms. The average Bonchev–Trinajstić information content (AvgIpc) is 3.27. The van der Waals surface area contributed by atoms with Crippen LogP contribution in [0.3, 0.4) is 0 Å². The van der Waals surface area contributed by atoms with Crippen molar-refractivity contribution >= 4 is 31.8 Å². The molecule has 0 aliphatic heterocycles. The van der Waals surface area contributed by atoms with E-state index in [1.165, 1.54) is 18.4 Å². The van der Waals surface area contributed by atoms with Crippen molar-refractivity contribution in [2.45, 2.75) is 43.9 Å². The predicted octanol–water partition coefficient (Wildman–Crippen LogP) is 6.64. The number of H-pyrrole nitrogens is 1. The highest BCUT2D eigenvalue weighted by atomic mass is 32.2. The number of pyridine rings is 1. The molecule has 184 valence electrons. The predicted molar refractivity (Wildman–Crippen MR) is 148 cm³/mol. The van der Waals surface area contributed by atoms with Gasteiger partial charge in [-0.3, -0.25) is 4.98 Å². The maximum Gasteiger partial charge on any atom is 0.240 e. The van der Waals surface area contributed by atoms with Gasteiger partial charge in [0, 0.05) is 34.6 Å². The van der Waals surface area contributed by atoms with Gasteiger partial charge in [0.15, 0.2) is 0 Å². The molecule has 0 aliphatic rings. The molecular weight excluding hydrogens is 466 g/mol. The summed E-state index contributed by atoms with van der Waals surface area (Å²) in [5, 5.41) is 2.16. The molecule has 0 spiro atoms. The molecule has 2 N–H and O–H groups in total. The number of para-hydroxylation sites is 2. The van der Waals surface area contributed by atoms with Crippen molar-refractivity contribution in [3.05, 3.63) is 96.2 Å². The lowest BCUT2D eigenvalue weighted by Gasteiger charge is -2.10. The number of sulfonamides is 1. The van der Waals surface area contributed by atoms with Gasteiger partial charge in [-0.1, -0.05) is 68.3 Å². The Morgan fingerprint density at radius 2 is 1.67 bits per heavy atom. The van der Waals surface area contributed by atoms with Crippen LogP contribution in [0.2, 0.25) is 0 Å². The quantitative estimate of drug-likeness (QED) is 0.213. The Bertz CT molecular complexity index is 1590. The molecule has 6 heteroatoms. The summed E-state index contributed by atoms with van der Waals surface area (Å²) >= 11 is 0. The van der Waals surface area contributed by atoms with E-state index in [1.54, 1.807) is 12.1 Å². The van der Waals surface area contributed by atoms with E-state index in [1.807, 2.05) is 54.7 Å². The van der Waals surface area contributed by atoms with E-state index in [-0.39, 0.29) is 0 Å². The van der Waals surface area contributed by atoms with Crippen LogP contribution in [0, 0.1) is 0 Å². The van der Waals surface area contributed by atoms with Crippen LogP contribution in [0.4, 0.5) is 0 Å². The lowest BCUT2D eigenvalue weighted by atomic mass is 10.0. The Hall–Kier alpha value is -3.48. The standard InChI is InChI=1S/C30H31N3O2S/c1-2-3-4-9-22-14-16-25(17-15-22)36(34,35)32-19-18-27-26-11-6-8-13-29(26)33-30(27)24-20-23-10-5-7-12-28(23)31-21-24/h5-8,10-17,20-21,32-33H,2-4,9,18-19H2,1H3. The average molecular weight is 498 g/mol. The van der Waals surface area contributed by atoms with Gasteiger partial charge in [0.2, 0.25) is 10.0 Å². The van der Waals surface area contributed by atoms with Crippen molar-refractivity contribution in [2.75, 3.05) is 6.54 Å². The van der Waals surface area contributed by atoms with Crippen LogP contribution in [0.15, 0.2) is 90.0 Å². The zero-order chi connectivity index (χ0) is 25.0. The molecule has 0 fully saturated rings. The molecule has 3 aromatic carbocycles. The van der Waals surface area contributed by atoms with E-state index in [2.05, 4.69) is 39.8 Å². The van der Waals surface area contributed by atoms with Gasteiger partial charge in [0.1, 0.15) is 0 Å². The third kappa shape index (κ3) is 5.20. The van der Waals surface area contributed by atoms with Gasteiger partial charge in [0.05, 0.1) is 16.1 Å². The summed E-state index contributed by atoms with van der Waals surface area (Å²) < 4.78 is 28.7. The number of rotatable bonds is 10. The smallest absolute Gasteiger partial charge is 0.240 e. The molecule has 0 unspecified atom stereocenters. The SMILES string of the molecule is CCCCCc1ccc(S(=O)(=O)NCCc2c(-c3cnc4ccccc4c3)[nH]c3ccccc23)cc1. The van der Waals surface area contributed by atoms with Gasteiger partial charge >= 0.3 is 0 Å². The van der Waals surface area contributed by atoms with Gasteiger partial charge in [0.25, 0.3) is 0 Å². The second kappa shape index (κ2) is 10.6. The molecule has 0 saturated carbocycles. The minimum atomic E-state index is -3.59. The van der Waals surface area contributed by atoms with Crippen LogP contribution in [0.25, 0.3) is 33.1 Å². The summed E-state index contributed by atoms with van der Waals surface area (Å²) in [6, 6.07) is 25.6. The summed E-state index contributed by atoms with van der Waals surface area (Å²) in [6.07, 6.45) is 6.90. The Labute approximate surface area is 212 Å². The fourth-order valence-corrected chi connectivity index (χ4v) is 5.75. The number of nitrogens with zero attached hydrogens (tertiary/aromatic N) is 1. The molecule has 5 aromatic rings. The monoisotopic (exact) mass is 497 g/mol. The molecule has 0 aliphatic carbocycles. The lowest BCUT2D eigenvalue weighted by molar-refractivity contribution is 0.581. The summed E-state index contributed by atoms with van der Waals surface area (Å²) in [5.74, 6) is 0. The molecule has 0 saturated heterocycles. The van der Waals surface area contributed by atoms with Gasteiger partial charge in [-0.25, -0.2) is 13.1 Å². The van der Waals surface area contributed by atoms with E-state index < -0.39 is 10.0 Å². The van der Waals surface area contributed by atoms with Crippen LogP contribution in [-0.2, 0) is 22.9 Å². The largest absolute Gasteiger partial charge is 0.354 e. The van der Waals surface area contributed by atoms with Crippen LogP contribution >= 0.6 is 0 Å². The van der Waals surface area contributed by atoms with Crippen molar-refractivity contribution in [2.24, 2.45) is 0 Å². The van der Waals surface area contributed by atoms with Crippen molar-refractivity contribution < 1.29 is 8.42 Å². The summed E-state index contributed by atoms with van der Waals surface area (Å²) in [5.41, 5.74) is 6.19. The number of fused-ring (bicyclic) bond motifs is 2. The summed E-state index contributed by atoms with van der Waals surface area (Å²) in [4.78, 5) is 8.47. The van der Waals surface area contributed by atoms with Crippen LogP contribution in [-0.4, -0.2) is 24.9 Å². The molecule has 0 radical (unpaired) electrons. The Morgan fingerprint density at radius 3 is 2.50 bits per heavy atom. The highest BCUT2D eigenvalue weighted by Crippen LogP contribution is 2.31. The number of aromatic nitrogens is 2. The second-order valence-corrected chi connectivity index (χ2v) is 11.0.